The number of carbonyl (C=O) groups excluding carboxylic acids is 1. The van der Waals surface area contributed by atoms with Gasteiger partial charge in [0, 0.05) is 26.2 Å². The van der Waals surface area contributed by atoms with Gasteiger partial charge in [-0.05, 0) is 37.5 Å². The number of nitrogens with zero attached hydrogens (tertiary/aromatic N) is 6. The van der Waals surface area contributed by atoms with Crippen molar-refractivity contribution in [3.63, 3.8) is 0 Å². The summed E-state index contributed by atoms with van der Waals surface area (Å²) in [7, 11) is 1.75. The number of hydrogen-bond donors (Lipinski definition) is 0. The molecule has 0 spiro atoms. The summed E-state index contributed by atoms with van der Waals surface area (Å²) in [6.45, 7) is 10.0. The molecule has 0 aliphatic rings. The van der Waals surface area contributed by atoms with Gasteiger partial charge in [-0.3, -0.25) is 14.3 Å². The molecule has 168 valence electrons. The molecule has 4 rings (SSSR count). The van der Waals surface area contributed by atoms with E-state index < -0.39 is 0 Å². The summed E-state index contributed by atoms with van der Waals surface area (Å²) in [5, 5.41) is 9.05. The summed E-state index contributed by atoms with van der Waals surface area (Å²) < 4.78 is 5.32. The third-order valence-electron chi connectivity index (χ3n) is 5.51. The van der Waals surface area contributed by atoms with Gasteiger partial charge in [0.1, 0.15) is 5.52 Å². The van der Waals surface area contributed by atoms with Crippen LogP contribution in [-0.2, 0) is 19.6 Å². The quantitative estimate of drug-likeness (QED) is 0.446. The van der Waals surface area contributed by atoms with Gasteiger partial charge in [0.2, 0.25) is 0 Å². The van der Waals surface area contributed by atoms with E-state index in [4.69, 9.17) is 0 Å². The maximum atomic E-state index is 13.3. The van der Waals surface area contributed by atoms with Gasteiger partial charge in [-0.1, -0.05) is 32.9 Å². The van der Waals surface area contributed by atoms with Crippen molar-refractivity contribution in [2.75, 3.05) is 7.05 Å². The van der Waals surface area contributed by atoms with Gasteiger partial charge < -0.3 is 9.47 Å². The second kappa shape index (κ2) is 8.61. The molecule has 0 atom stereocenters. The van der Waals surface area contributed by atoms with Crippen LogP contribution in [0.5, 0.6) is 0 Å². The Morgan fingerprint density at radius 2 is 1.81 bits per heavy atom. The van der Waals surface area contributed by atoms with Crippen molar-refractivity contribution in [3.05, 3.63) is 63.8 Å². The van der Waals surface area contributed by atoms with Gasteiger partial charge >= 0.3 is 0 Å². The van der Waals surface area contributed by atoms with Gasteiger partial charge in [0.05, 0.1) is 29.0 Å². The van der Waals surface area contributed by atoms with Gasteiger partial charge in [0.15, 0.2) is 5.69 Å². The zero-order chi connectivity index (χ0) is 23.0. The van der Waals surface area contributed by atoms with Gasteiger partial charge in [-0.15, -0.1) is 0 Å². The Labute approximate surface area is 187 Å². The number of benzene rings is 1. The lowest BCUT2D eigenvalue weighted by molar-refractivity contribution is 0.0775. The Bertz CT molecular complexity index is 1340. The Morgan fingerprint density at radius 1 is 1.09 bits per heavy atom. The number of fused-ring (bicyclic) bond motifs is 3. The lowest BCUT2D eigenvalue weighted by Gasteiger charge is -2.16. The molecule has 4 aromatic rings. The summed E-state index contributed by atoms with van der Waals surface area (Å²) in [4.78, 5) is 28.1. The number of hydrogen-bond acceptors (Lipinski definition) is 4. The average molecular weight is 435 g/mol. The van der Waals surface area contributed by atoms with Crippen molar-refractivity contribution in [3.8, 4) is 0 Å². The van der Waals surface area contributed by atoms with Crippen LogP contribution < -0.4 is 5.56 Å². The second-order valence-corrected chi connectivity index (χ2v) is 8.79. The number of amides is 1. The molecule has 0 aliphatic carbocycles. The van der Waals surface area contributed by atoms with Crippen molar-refractivity contribution in [2.45, 2.75) is 53.8 Å². The molecule has 3 heterocycles. The number of aryl methyl sites for hydroxylation is 2. The van der Waals surface area contributed by atoms with Crippen molar-refractivity contribution in [1.82, 2.24) is 28.9 Å². The first-order chi connectivity index (χ1) is 15.3. The monoisotopic (exact) mass is 434 g/mol. The van der Waals surface area contributed by atoms with E-state index in [1.165, 1.54) is 0 Å². The fraction of sp³-hybridized carbons (Fsp3) is 0.417. The zero-order valence-electron chi connectivity index (χ0n) is 19.4. The third-order valence-corrected chi connectivity index (χ3v) is 5.51. The van der Waals surface area contributed by atoms with Gasteiger partial charge in [-0.25, -0.2) is 4.52 Å². The van der Waals surface area contributed by atoms with Crippen LogP contribution in [0.2, 0.25) is 0 Å². The Hall–Kier alpha value is -3.42. The highest BCUT2D eigenvalue weighted by Gasteiger charge is 2.21. The first-order valence-electron chi connectivity index (χ1n) is 11.1. The molecular weight excluding hydrogens is 404 g/mol. The van der Waals surface area contributed by atoms with Crippen LogP contribution in [0.15, 0.2) is 41.2 Å². The highest BCUT2D eigenvalue weighted by molar-refractivity contribution is 5.94. The molecule has 8 heteroatoms. The first kappa shape index (κ1) is 21.8. The molecule has 1 aromatic carbocycles. The molecule has 0 radical (unpaired) electrons. The smallest absolute Gasteiger partial charge is 0.277 e. The zero-order valence-corrected chi connectivity index (χ0v) is 19.4. The fourth-order valence-electron chi connectivity index (χ4n) is 4.13. The number of carbonyl (C=O) groups is 1. The van der Waals surface area contributed by atoms with Gasteiger partial charge in [0.25, 0.3) is 11.5 Å². The number of para-hydroxylation sites is 2. The molecule has 0 saturated heterocycles. The van der Waals surface area contributed by atoms with Crippen LogP contribution in [0.3, 0.4) is 0 Å². The van der Waals surface area contributed by atoms with E-state index in [1.807, 2.05) is 41.9 Å². The highest BCUT2D eigenvalue weighted by Crippen LogP contribution is 2.17. The van der Waals surface area contributed by atoms with Gasteiger partial charge in [-0.2, -0.15) is 10.2 Å². The summed E-state index contributed by atoms with van der Waals surface area (Å²) in [6, 6.07) is 11.3. The minimum Gasteiger partial charge on any atom is -0.334 e. The minimum absolute atomic E-state index is 0.136. The largest absolute Gasteiger partial charge is 0.334 e. The Kier molecular flexibility index (Phi) is 5.86. The van der Waals surface area contributed by atoms with E-state index in [0.29, 0.717) is 24.5 Å². The maximum Gasteiger partial charge on any atom is 0.277 e. The lowest BCUT2D eigenvalue weighted by Crippen LogP contribution is -2.28. The summed E-state index contributed by atoms with van der Waals surface area (Å²) >= 11 is 0. The number of rotatable bonds is 7. The van der Waals surface area contributed by atoms with E-state index in [-0.39, 0.29) is 17.2 Å². The Morgan fingerprint density at radius 3 is 2.50 bits per heavy atom. The molecule has 0 unspecified atom stereocenters. The molecule has 0 saturated carbocycles. The Balaban J connectivity index is 1.74. The predicted octanol–water partition coefficient (Wildman–Crippen LogP) is 3.49. The maximum absolute atomic E-state index is 13.3. The lowest BCUT2D eigenvalue weighted by atomic mass is 10.2. The normalized spacial score (nSPS) is 11.7. The SMILES string of the molecule is CCCn1nc(C)cc1CN(C)C(=O)c1cc2c(=O)n(CC(C)C)c3ccccc3n2n1. The summed E-state index contributed by atoms with van der Waals surface area (Å²) in [6.07, 6.45) is 0.966. The van der Waals surface area contributed by atoms with Crippen LogP contribution in [-0.4, -0.2) is 41.8 Å². The fourth-order valence-corrected chi connectivity index (χ4v) is 4.13. The van der Waals surface area contributed by atoms with E-state index in [2.05, 4.69) is 31.0 Å². The van der Waals surface area contributed by atoms with Crippen LogP contribution in [0.4, 0.5) is 0 Å². The van der Waals surface area contributed by atoms with E-state index in [1.54, 1.807) is 27.1 Å². The molecular formula is C24H30N6O2. The predicted molar refractivity (Wildman–Crippen MR) is 125 cm³/mol. The number of aromatic nitrogens is 5. The van der Waals surface area contributed by atoms with Crippen LogP contribution in [0, 0.1) is 12.8 Å². The molecule has 8 nitrogen and oxygen atoms in total. The molecule has 3 aromatic heterocycles. The highest BCUT2D eigenvalue weighted by atomic mass is 16.2. The van der Waals surface area contributed by atoms with Crippen LogP contribution in [0.25, 0.3) is 16.6 Å². The molecule has 32 heavy (non-hydrogen) atoms. The average Bonchev–Trinajstić information content (AvgIpc) is 3.34. The minimum atomic E-state index is -0.227. The molecule has 1 amide bonds. The first-order valence-corrected chi connectivity index (χ1v) is 11.1. The van der Waals surface area contributed by atoms with Crippen molar-refractivity contribution in [2.24, 2.45) is 5.92 Å². The summed E-state index contributed by atoms with van der Waals surface area (Å²) in [5.41, 5.74) is 4.06. The van der Waals surface area contributed by atoms with Crippen molar-refractivity contribution < 1.29 is 4.79 Å². The molecule has 0 bridgehead atoms. The van der Waals surface area contributed by atoms with Crippen LogP contribution in [0.1, 0.15) is 49.1 Å². The summed E-state index contributed by atoms with van der Waals surface area (Å²) in [5.74, 6) is 0.0830. The standard InChI is InChI=1S/C24H30N6O2/c1-6-11-29-18(12-17(4)25-29)15-27(5)23(31)19-13-22-24(32)28(14-16(2)3)20-9-7-8-10-21(20)30(22)26-19/h7-10,12-13,16H,6,11,14-15H2,1-5H3. The van der Waals surface area contributed by atoms with Crippen LogP contribution >= 0.6 is 0 Å². The molecule has 0 aliphatic heterocycles. The van der Waals surface area contributed by atoms with E-state index in [9.17, 15) is 9.59 Å². The van der Waals surface area contributed by atoms with Crippen molar-refractivity contribution in [1.29, 1.82) is 0 Å². The van der Waals surface area contributed by atoms with E-state index >= 15 is 0 Å². The van der Waals surface area contributed by atoms with Crippen molar-refractivity contribution >= 4 is 22.5 Å². The van der Waals surface area contributed by atoms with E-state index in [0.717, 1.165) is 35.4 Å². The second-order valence-electron chi connectivity index (χ2n) is 8.79. The molecule has 0 fully saturated rings. The topological polar surface area (TPSA) is 77.4 Å². The molecule has 0 N–H and O–H groups in total. The third kappa shape index (κ3) is 3.92.